The Hall–Kier alpha value is -1.58. The summed E-state index contributed by atoms with van der Waals surface area (Å²) >= 11 is 0. The molecule has 0 aliphatic carbocycles. The molecule has 0 saturated carbocycles. The van der Waals surface area contributed by atoms with Crippen molar-refractivity contribution in [1.29, 1.82) is 0 Å². The van der Waals surface area contributed by atoms with Crippen molar-refractivity contribution in [2.75, 3.05) is 5.32 Å². The molecule has 2 N–H and O–H groups in total. The van der Waals surface area contributed by atoms with Gasteiger partial charge in [0.1, 0.15) is 11.6 Å². The number of unbranched alkanes of at least 4 members (excludes halogenated alkanes) is 3. The summed E-state index contributed by atoms with van der Waals surface area (Å²) in [5.41, 5.74) is 0.114. The molecule has 4 heteroatoms. The molecule has 1 aromatic rings. The second-order valence-electron chi connectivity index (χ2n) is 4.02. The quantitative estimate of drug-likeness (QED) is 0.590. The SMILES string of the molecule is CCCCCCC(=O)Nc1ccc(O)cc1F. The predicted molar refractivity (Wildman–Crippen MR) is 65.5 cm³/mol. The summed E-state index contributed by atoms with van der Waals surface area (Å²) in [5, 5.41) is 11.5. The van der Waals surface area contributed by atoms with Crippen molar-refractivity contribution in [3.05, 3.63) is 24.0 Å². The molecule has 0 fully saturated rings. The summed E-state index contributed by atoms with van der Waals surface area (Å²) in [6, 6.07) is 3.68. The van der Waals surface area contributed by atoms with E-state index in [1.54, 1.807) is 0 Å². The number of anilines is 1. The van der Waals surface area contributed by atoms with E-state index in [-0.39, 0.29) is 17.3 Å². The van der Waals surface area contributed by atoms with Gasteiger partial charge in [-0.25, -0.2) is 4.39 Å². The van der Waals surface area contributed by atoms with Crippen LogP contribution < -0.4 is 5.32 Å². The number of nitrogens with one attached hydrogen (secondary N) is 1. The number of amides is 1. The molecule has 1 amide bonds. The van der Waals surface area contributed by atoms with Crippen LogP contribution in [0.15, 0.2) is 18.2 Å². The van der Waals surface area contributed by atoms with Crippen LogP contribution in [0.25, 0.3) is 0 Å². The van der Waals surface area contributed by atoms with Crippen LogP contribution >= 0.6 is 0 Å². The number of phenols is 1. The maximum atomic E-state index is 13.3. The Morgan fingerprint density at radius 3 is 2.76 bits per heavy atom. The minimum atomic E-state index is -0.619. The van der Waals surface area contributed by atoms with Crippen molar-refractivity contribution in [3.63, 3.8) is 0 Å². The highest BCUT2D eigenvalue weighted by molar-refractivity contribution is 5.90. The molecule has 0 aromatic heterocycles. The Labute approximate surface area is 101 Å². The van der Waals surface area contributed by atoms with Gasteiger partial charge < -0.3 is 10.4 Å². The normalized spacial score (nSPS) is 10.2. The van der Waals surface area contributed by atoms with Crippen LogP contribution in [-0.4, -0.2) is 11.0 Å². The van der Waals surface area contributed by atoms with Gasteiger partial charge in [-0.1, -0.05) is 26.2 Å². The Morgan fingerprint density at radius 2 is 2.12 bits per heavy atom. The highest BCUT2D eigenvalue weighted by atomic mass is 19.1. The monoisotopic (exact) mass is 239 g/mol. The first-order valence-corrected chi connectivity index (χ1v) is 5.92. The van der Waals surface area contributed by atoms with Gasteiger partial charge in [0.05, 0.1) is 5.69 Å². The van der Waals surface area contributed by atoms with Gasteiger partial charge in [0.15, 0.2) is 0 Å². The van der Waals surface area contributed by atoms with Gasteiger partial charge in [0, 0.05) is 12.5 Å². The molecular weight excluding hydrogens is 221 g/mol. The van der Waals surface area contributed by atoms with Gasteiger partial charge in [-0.05, 0) is 18.6 Å². The molecule has 0 radical (unpaired) electrons. The Bertz CT molecular complexity index is 380. The fraction of sp³-hybridized carbons (Fsp3) is 0.462. The molecule has 3 nitrogen and oxygen atoms in total. The largest absolute Gasteiger partial charge is 0.508 e. The molecule has 0 heterocycles. The Morgan fingerprint density at radius 1 is 1.35 bits per heavy atom. The maximum absolute atomic E-state index is 13.3. The van der Waals surface area contributed by atoms with Crippen LogP contribution in [0, 0.1) is 5.82 Å². The summed E-state index contributed by atoms with van der Waals surface area (Å²) in [7, 11) is 0. The van der Waals surface area contributed by atoms with Gasteiger partial charge in [-0.3, -0.25) is 4.79 Å². The van der Waals surface area contributed by atoms with E-state index in [1.807, 2.05) is 0 Å². The number of hydrogen-bond acceptors (Lipinski definition) is 2. The first kappa shape index (κ1) is 13.5. The van der Waals surface area contributed by atoms with Gasteiger partial charge >= 0.3 is 0 Å². The van der Waals surface area contributed by atoms with Crippen LogP contribution in [0.3, 0.4) is 0 Å². The van der Waals surface area contributed by atoms with Crippen molar-refractivity contribution in [2.45, 2.75) is 39.0 Å². The van der Waals surface area contributed by atoms with Crippen LogP contribution in [0.5, 0.6) is 5.75 Å². The van der Waals surface area contributed by atoms with E-state index in [9.17, 15) is 9.18 Å². The Kier molecular flexibility index (Phi) is 5.46. The minimum absolute atomic E-state index is 0.114. The van der Waals surface area contributed by atoms with E-state index in [2.05, 4.69) is 12.2 Å². The molecule has 94 valence electrons. The fourth-order valence-corrected chi connectivity index (χ4v) is 1.53. The average Bonchev–Trinajstić information content (AvgIpc) is 2.28. The molecule has 0 unspecified atom stereocenters. The number of carbonyl (C=O) groups excluding carboxylic acids is 1. The van der Waals surface area contributed by atoms with E-state index in [1.165, 1.54) is 12.1 Å². The summed E-state index contributed by atoms with van der Waals surface area (Å²) in [4.78, 5) is 11.5. The van der Waals surface area contributed by atoms with E-state index < -0.39 is 5.82 Å². The molecule has 0 saturated heterocycles. The summed E-state index contributed by atoms with van der Waals surface area (Å²) in [6.07, 6.45) is 4.47. The highest BCUT2D eigenvalue weighted by Gasteiger charge is 2.07. The number of phenolic OH excluding ortho intramolecular Hbond substituents is 1. The molecular formula is C13H18FNO2. The lowest BCUT2D eigenvalue weighted by molar-refractivity contribution is -0.116. The van der Waals surface area contributed by atoms with E-state index in [0.29, 0.717) is 6.42 Å². The lowest BCUT2D eigenvalue weighted by atomic mass is 10.1. The van der Waals surface area contributed by atoms with E-state index in [4.69, 9.17) is 5.11 Å². The maximum Gasteiger partial charge on any atom is 0.224 e. The number of rotatable bonds is 6. The first-order chi connectivity index (χ1) is 8.13. The molecule has 1 aromatic carbocycles. The van der Waals surface area contributed by atoms with Crippen LogP contribution in [0.2, 0.25) is 0 Å². The first-order valence-electron chi connectivity index (χ1n) is 5.92. The van der Waals surface area contributed by atoms with Crippen molar-refractivity contribution in [3.8, 4) is 5.75 Å². The lowest BCUT2D eigenvalue weighted by Crippen LogP contribution is -2.12. The molecule has 17 heavy (non-hydrogen) atoms. The fourth-order valence-electron chi connectivity index (χ4n) is 1.53. The number of benzene rings is 1. The summed E-state index contributed by atoms with van der Waals surface area (Å²) in [6.45, 7) is 2.10. The highest BCUT2D eigenvalue weighted by Crippen LogP contribution is 2.19. The molecule has 0 atom stereocenters. The zero-order chi connectivity index (χ0) is 12.7. The second kappa shape index (κ2) is 6.89. The predicted octanol–water partition coefficient (Wildman–Crippen LogP) is 3.44. The van der Waals surface area contributed by atoms with E-state index >= 15 is 0 Å². The van der Waals surface area contributed by atoms with Gasteiger partial charge in [-0.2, -0.15) is 0 Å². The average molecular weight is 239 g/mol. The van der Waals surface area contributed by atoms with Gasteiger partial charge in [0.2, 0.25) is 5.91 Å². The standard InChI is InChI=1S/C13H18FNO2/c1-2-3-4-5-6-13(17)15-12-8-7-10(16)9-11(12)14/h7-9,16H,2-6H2,1H3,(H,15,17). The van der Waals surface area contributed by atoms with Gasteiger partial charge in [-0.15, -0.1) is 0 Å². The third-order valence-corrected chi connectivity index (χ3v) is 2.48. The van der Waals surface area contributed by atoms with Crippen LogP contribution in [-0.2, 0) is 4.79 Å². The zero-order valence-corrected chi connectivity index (χ0v) is 10.0. The second-order valence-corrected chi connectivity index (χ2v) is 4.02. The van der Waals surface area contributed by atoms with Crippen molar-refractivity contribution in [2.24, 2.45) is 0 Å². The Balaban J connectivity index is 2.40. The van der Waals surface area contributed by atoms with Gasteiger partial charge in [0.25, 0.3) is 0 Å². The van der Waals surface area contributed by atoms with E-state index in [0.717, 1.165) is 31.7 Å². The molecule has 0 aliphatic heterocycles. The number of hydrogen-bond donors (Lipinski definition) is 2. The molecule has 1 rings (SSSR count). The van der Waals surface area contributed by atoms with Crippen molar-refractivity contribution in [1.82, 2.24) is 0 Å². The molecule has 0 bridgehead atoms. The summed E-state index contributed by atoms with van der Waals surface area (Å²) in [5.74, 6) is -0.957. The minimum Gasteiger partial charge on any atom is -0.508 e. The van der Waals surface area contributed by atoms with Crippen molar-refractivity contribution >= 4 is 11.6 Å². The smallest absolute Gasteiger partial charge is 0.224 e. The van der Waals surface area contributed by atoms with Crippen LogP contribution in [0.4, 0.5) is 10.1 Å². The number of aromatic hydroxyl groups is 1. The molecule has 0 spiro atoms. The third kappa shape index (κ3) is 4.85. The number of carbonyl (C=O) groups is 1. The van der Waals surface area contributed by atoms with Crippen LogP contribution in [0.1, 0.15) is 39.0 Å². The van der Waals surface area contributed by atoms with Crippen molar-refractivity contribution < 1.29 is 14.3 Å². The third-order valence-electron chi connectivity index (χ3n) is 2.48. The lowest BCUT2D eigenvalue weighted by Gasteiger charge is -2.06. The molecule has 0 aliphatic rings. The summed E-state index contributed by atoms with van der Waals surface area (Å²) < 4.78 is 13.3. The topological polar surface area (TPSA) is 49.3 Å². The number of halogens is 1. The zero-order valence-electron chi connectivity index (χ0n) is 10.0.